The zero-order valence-electron chi connectivity index (χ0n) is 9.45. The molecule has 5 N–H and O–H groups in total. The summed E-state index contributed by atoms with van der Waals surface area (Å²) in [5, 5.41) is 11.0. The molecule has 0 saturated carbocycles. The van der Waals surface area contributed by atoms with E-state index in [-0.39, 0.29) is 23.8 Å². The predicted octanol–water partition coefficient (Wildman–Crippen LogP) is -1.52. The predicted molar refractivity (Wildman–Crippen MR) is 60.2 cm³/mol. The Morgan fingerprint density at radius 2 is 2.29 bits per heavy atom. The number of hydrogen-bond acceptors (Lipinski definition) is 5. The van der Waals surface area contributed by atoms with E-state index in [0.717, 1.165) is 0 Å². The normalized spacial score (nSPS) is 9.94. The third-order valence-corrected chi connectivity index (χ3v) is 1.93. The molecule has 1 aromatic rings. The van der Waals surface area contributed by atoms with Crippen molar-refractivity contribution in [3.05, 3.63) is 11.9 Å². The second-order valence-electron chi connectivity index (χ2n) is 3.23. The lowest BCUT2D eigenvalue weighted by Crippen LogP contribution is -2.38. The van der Waals surface area contributed by atoms with Crippen LogP contribution >= 0.6 is 0 Å². The van der Waals surface area contributed by atoms with Gasteiger partial charge in [0.1, 0.15) is 5.69 Å². The smallest absolute Gasteiger partial charge is 0.271 e. The second-order valence-corrected chi connectivity index (χ2v) is 3.23. The summed E-state index contributed by atoms with van der Waals surface area (Å²) in [4.78, 5) is 22.7. The highest BCUT2D eigenvalue weighted by molar-refractivity contribution is 5.98. The quantitative estimate of drug-likeness (QED) is 0.451. The fourth-order valence-electron chi connectivity index (χ4n) is 1.08. The van der Waals surface area contributed by atoms with Gasteiger partial charge in [-0.2, -0.15) is 5.10 Å². The van der Waals surface area contributed by atoms with Crippen LogP contribution in [0.4, 0.5) is 5.69 Å². The van der Waals surface area contributed by atoms with Gasteiger partial charge in [-0.05, 0) is 0 Å². The van der Waals surface area contributed by atoms with E-state index in [9.17, 15) is 9.59 Å². The average molecular weight is 241 g/mol. The molecule has 8 nitrogen and oxygen atoms in total. The molecule has 0 aliphatic heterocycles. The Balaban J connectivity index is 2.29. The molecule has 0 aliphatic carbocycles. The summed E-state index contributed by atoms with van der Waals surface area (Å²) in [5.41, 5.74) is 5.86. The van der Waals surface area contributed by atoms with Crippen LogP contribution in [0.3, 0.4) is 0 Å². The van der Waals surface area contributed by atoms with Crippen LogP contribution in [0.5, 0.6) is 0 Å². The molecule has 94 valence electrons. The summed E-state index contributed by atoms with van der Waals surface area (Å²) in [7, 11) is 1.54. The number of nitrogens with one attached hydrogen (secondary N) is 3. The lowest BCUT2D eigenvalue weighted by molar-refractivity contribution is -0.120. The van der Waals surface area contributed by atoms with E-state index >= 15 is 0 Å². The topological polar surface area (TPSA) is 122 Å². The highest BCUT2D eigenvalue weighted by atomic mass is 16.5. The fraction of sp³-hybridized carbons (Fsp3) is 0.444. The summed E-state index contributed by atoms with van der Waals surface area (Å²) in [6.07, 6.45) is 1.33. The second kappa shape index (κ2) is 6.48. The molecular weight excluding hydrogens is 226 g/mol. The molecule has 1 aromatic heterocycles. The fourth-order valence-corrected chi connectivity index (χ4v) is 1.08. The lowest BCUT2D eigenvalue weighted by atomic mass is 10.3. The lowest BCUT2D eigenvalue weighted by Gasteiger charge is -2.05. The van der Waals surface area contributed by atoms with E-state index in [4.69, 9.17) is 10.5 Å². The van der Waals surface area contributed by atoms with Crippen LogP contribution in [0.1, 0.15) is 10.5 Å². The number of amides is 2. The number of nitrogens with two attached hydrogens (primary N) is 1. The maximum absolute atomic E-state index is 11.5. The number of aromatic nitrogens is 2. The number of nitrogens with zero attached hydrogens (tertiary/aromatic N) is 1. The van der Waals surface area contributed by atoms with Crippen molar-refractivity contribution in [2.24, 2.45) is 0 Å². The number of nitrogen functional groups attached to an aromatic ring is 1. The number of rotatable bonds is 6. The molecule has 0 atom stereocenters. The highest BCUT2D eigenvalue weighted by Crippen LogP contribution is 2.04. The number of carbonyl (C=O) groups excluding carboxylic acids is 2. The van der Waals surface area contributed by atoms with Gasteiger partial charge in [-0.25, -0.2) is 0 Å². The Hall–Kier alpha value is -2.09. The Morgan fingerprint density at radius 1 is 1.53 bits per heavy atom. The monoisotopic (exact) mass is 241 g/mol. The van der Waals surface area contributed by atoms with E-state index in [0.29, 0.717) is 13.2 Å². The highest BCUT2D eigenvalue weighted by Gasteiger charge is 2.12. The number of hydrogen-bond donors (Lipinski definition) is 4. The van der Waals surface area contributed by atoms with Crippen molar-refractivity contribution in [1.29, 1.82) is 0 Å². The summed E-state index contributed by atoms with van der Waals surface area (Å²) >= 11 is 0. The molecular formula is C9H15N5O3. The molecule has 1 heterocycles. The Bertz CT molecular complexity index is 390. The van der Waals surface area contributed by atoms with E-state index in [1.807, 2.05) is 0 Å². The Labute approximate surface area is 97.9 Å². The van der Waals surface area contributed by atoms with Crippen molar-refractivity contribution in [3.8, 4) is 0 Å². The molecule has 0 aromatic carbocycles. The van der Waals surface area contributed by atoms with E-state index < -0.39 is 5.91 Å². The van der Waals surface area contributed by atoms with Crippen LogP contribution in [0.25, 0.3) is 0 Å². The van der Waals surface area contributed by atoms with Gasteiger partial charge >= 0.3 is 0 Å². The molecule has 8 heteroatoms. The third-order valence-electron chi connectivity index (χ3n) is 1.93. The van der Waals surface area contributed by atoms with Crippen molar-refractivity contribution in [1.82, 2.24) is 20.8 Å². The van der Waals surface area contributed by atoms with Crippen LogP contribution in [-0.2, 0) is 9.53 Å². The van der Waals surface area contributed by atoms with Gasteiger partial charge in [0.15, 0.2) is 0 Å². The molecule has 0 saturated heterocycles. The van der Waals surface area contributed by atoms with Crippen molar-refractivity contribution in [2.75, 3.05) is 32.5 Å². The van der Waals surface area contributed by atoms with E-state index in [1.54, 1.807) is 0 Å². The number of H-pyrrole nitrogens is 1. The van der Waals surface area contributed by atoms with Crippen LogP contribution < -0.4 is 16.4 Å². The third kappa shape index (κ3) is 4.11. The van der Waals surface area contributed by atoms with Gasteiger partial charge in [0, 0.05) is 13.7 Å². The van der Waals surface area contributed by atoms with Crippen molar-refractivity contribution in [3.63, 3.8) is 0 Å². The molecule has 0 unspecified atom stereocenters. The van der Waals surface area contributed by atoms with E-state index in [1.165, 1.54) is 13.3 Å². The zero-order valence-corrected chi connectivity index (χ0v) is 9.45. The molecule has 0 aliphatic rings. The first-order valence-corrected chi connectivity index (χ1v) is 4.97. The first-order valence-electron chi connectivity index (χ1n) is 4.97. The van der Waals surface area contributed by atoms with Crippen LogP contribution in [0.2, 0.25) is 0 Å². The van der Waals surface area contributed by atoms with Crippen LogP contribution in [0, 0.1) is 0 Å². The number of anilines is 1. The minimum atomic E-state index is -0.470. The molecule has 0 radical (unpaired) electrons. The average Bonchev–Trinajstić information content (AvgIpc) is 2.73. The van der Waals surface area contributed by atoms with Gasteiger partial charge < -0.3 is 21.1 Å². The number of carbonyl (C=O) groups is 2. The first kappa shape index (κ1) is 13.0. The summed E-state index contributed by atoms with van der Waals surface area (Å²) in [6, 6.07) is 0. The van der Waals surface area contributed by atoms with E-state index in [2.05, 4.69) is 20.8 Å². The minimum absolute atomic E-state index is 0.124. The maximum Gasteiger partial charge on any atom is 0.271 e. The number of aromatic amines is 1. The number of methoxy groups -OCH3 is 1. The maximum atomic E-state index is 11.5. The van der Waals surface area contributed by atoms with Gasteiger partial charge in [-0.15, -0.1) is 0 Å². The summed E-state index contributed by atoms with van der Waals surface area (Å²) in [6.45, 7) is 0.700. The van der Waals surface area contributed by atoms with Gasteiger partial charge in [0.2, 0.25) is 5.91 Å². The first-order chi connectivity index (χ1) is 8.15. The van der Waals surface area contributed by atoms with Crippen molar-refractivity contribution >= 4 is 17.5 Å². The van der Waals surface area contributed by atoms with Crippen molar-refractivity contribution in [2.45, 2.75) is 0 Å². The molecule has 0 fully saturated rings. The van der Waals surface area contributed by atoms with Crippen molar-refractivity contribution < 1.29 is 14.3 Å². The Kier molecular flexibility index (Phi) is 4.95. The van der Waals surface area contributed by atoms with Crippen LogP contribution in [-0.4, -0.2) is 48.8 Å². The zero-order chi connectivity index (χ0) is 12.7. The SMILES string of the molecule is COCCNC(=O)CNC(=O)c1[nH]ncc1N. The van der Waals surface area contributed by atoms with Gasteiger partial charge in [-0.3, -0.25) is 14.7 Å². The summed E-state index contributed by atoms with van der Waals surface area (Å²) in [5.74, 6) is -0.768. The largest absolute Gasteiger partial charge is 0.396 e. The molecule has 2 amide bonds. The Morgan fingerprint density at radius 3 is 2.88 bits per heavy atom. The molecule has 17 heavy (non-hydrogen) atoms. The minimum Gasteiger partial charge on any atom is -0.396 e. The molecule has 0 spiro atoms. The number of ether oxygens (including phenoxy) is 1. The van der Waals surface area contributed by atoms with Gasteiger partial charge in [0.05, 0.1) is 25.0 Å². The van der Waals surface area contributed by atoms with Gasteiger partial charge in [-0.1, -0.05) is 0 Å². The molecule has 1 rings (SSSR count). The van der Waals surface area contributed by atoms with Gasteiger partial charge in [0.25, 0.3) is 5.91 Å². The summed E-state index contributed by atoms with van der Waals surface area (Å²) < 4.78 is 4.76. The standard InChI is InChI=1S/C9H15N5O3/c1-17-3-2-11-7(15)5-12-9(16)8-6(10)4-13-14-8/h4H,2-3,5,10H2,1H3,(H,11,15)(H,12,16)(H,13,14). The van der Waals surface area contributed by atoms with Crippen LogP contribution in [0.15, 0.2) is 6.20 Å². The molecule has 0 bridgehead atoms.